The highest BCUT2D eigenvalue weighted by atomic mass is 35.5. The number of nitrogens with zero attached hydrogens (tertiary/aromatic N) is 1. The molecule has 2 rings (SSSR count). The number of hydrazone groups is 1. The van der Waals surface area contributed by atoms with E-state index in [2.05, 4.69) is 10.5 Å². The molecule has 2 aromatic rings. The average Bonchev–Trinajstić information content (AvgIpc) is 2.59. The molecular formula is C17H17ClN2O5. The van der Waals surface area contributed by atoms with Crippen molar-refractivity contribution in [2.75, 3.05) is 14.2 Å². The predicted octanol–water partition coefficient (Wildman–Crippen LogP) is 2.84. The van der Waals surface area contributed by atoms with E-state index in [-0.39, 0.29) is 28.6 Å². The summed E-state index contributed by atoms with van der Waals surface area (Å²) < 4.78 is 10.00. The van der Waals surface area contributed by atoms with Crippen molar-refractivity contribution in [2.24, 2.45) is 5.10 Å². The molecule has 1 amide bonds. The van der Waals surface area contributed by atoms with E-state index in [9.17, 15) is 15.0 Å². The first-order valence-corrected chi connectivity index (χ1v) is 7.52. The van der Waals surface area contributed by atoms with Gasteiger partial charge in [-0.1, -0.05) is 11.6 Å². The van der Waals surface area contributed by atoms with Crippen molar-refractivity contribution >= 4 is 23.7 Å². The van der Waals surface area contributed by atoms with Crippen molar-refractivity contribution < 1.29 is 24.5 Å². The fourth-order valence-electron chi connectivity index (χ4n) is 2.11. The van der Waals surface area contributed by atoms with E-state index >= 15 is 0 Å². The number of rotatable bonds is 5. The van der Waals surface area contributed by atoms with Crippen LogP contribution >= 0.6 is 11.6 Å². The van der Waals surface area contributed by atoms with Gasteiger partial charge in [0.2, 0.25) is 5.75 Å². The maximum atomic E-state index is 12.2. The third-order valence-corrected chi connectivity index (χ3v) is 3.62. The number of amides is 1. The van der Waals surface area contributed by atoms with Crippen LogP contribution in [0.5, 0.6) is 23.0 Å². The second-order valence-corrected chi connectivity index (χ2v) is 5.53. The van der Waals surface area contributed by atoms with Crippen LogP contribution in [0.1, 0.15) is 21.5 Å². The molecule has 0 heterocycles. The van der Waals surface area contributed by atoms with Crippen LogP contribution in [-0.4, -0.2) is 36.6 Å². The molecule has 0 atom stereocenters. The Kier molecular flexibility index (Phi) is 5.71. The lowest BCUT2D eigenvalue weighted by Crippen LogP contribution is -2.17. The summed E-state index contributed by atoms with van der Waals surface area (Å²) in [5.41, 5.74) is 3.45. The Morgan fingerprint density at radius 1 is 1.12 bits per heavy atom. The van der Waals surface area contributed by atoms with Crippen molar-refractivity contribution in [3.05, 3.63) is 46.0 Å². The first kappa shape index (κ1) is 18.4. The fourth-order valence-corrected chi connectivity index (χ4v) is 2.39. The molecule has 0 radical (unpaired) electrons. The van der Waals surface area contributed by atoms with Gasteiger partial charge in [-0.3, -0.25) is 4.79 Å². The largest absolute Gasteiger partial charge is 0.507 e. The molecule has 8 heteroatoms. The molecule has 0 unspecified atom stereocenters. The zero-order valence-electron chi connectivity index (χ0n) is 13.8. The fraction of sp³-hybridized carbons (Fsp3) is 0.176. The molecule has 0 bridgehead atoms. The van der Waals surface area contributed by atoms with Crippen molar-refractivity contribution in [3.63, 3.8) is 0 Å². The summed E-state index contributed by atoms with van der Waals surface area (Å²) in [6, 6.07) is 5.83. The number of ether oxygens (including phenoxy) is 2. The van der Waals surface area contributed by atoms with Crippen LogP contribution in [0, 0.1) is 6.92 Å². The van der Waals surface area contributed by atoms with E-state index in [1.165, 1.54) is 38.6 Å². The number of phenolic OH excluding ortho intramolecular Hbond substituents is 2. The van der Waals surface area contributed by atoms with E-state index in [0.29, 0.717) is 16.1 Å². The van der Waals surface area contributed by atoms with Crippen molar-refractivity contribution in [3.8, 4) is 23.0 Å². The Morgan fingerprint density at radius 2 is 1.72 bits per heavy atom. The molecule has 0 saturated carbocycles. The Morgan fingerprint density at radius 3 is 2.28 bits per heavy atom. The molecule has 2 aromatic carbocycles. The topological polar surface area (TPSA) is 100 Å². The molecule has 0 saturated heterocycles. The van der Waals surface area contributed by atoms with Crippen LogP contribution in [0.3, 0.4) is 0 Å². The number of hydrogen-bond donors (Lipinski definition) is 3. The minimum absolute atomic E-state index is 0.0235. The molecule has 3 N–H and O–H groups in total. The maximum Gasteiger partial charge on any atom is 0.271 e. The molecule has 0 aliphatic heterocycles. The SMILES string of the molecule is COc1cc(C(=O)NN=Cc2cc(Cl)cc(C)c2O)cc(OC)c1O. The van der Waals surface area contributed by atoms with Gasteiger partial charge in [0.1, 0.15) is 5.75 Å². The van der Waals surface area contributed by atoms with E-state index in [1.807, 2.05) is 0 Å². The normalized spacial score (nSPS) is 10.7. The first-order chi connectivity index (χ1) is 11.9. The van der Waals surface area contributed by atoms with Crippen LogP contribution in [0.2, 0.25) is 5.02 Å². The second-order valence-electron chi connectivity index (χ2n) is 5.09. The molecule has 0 aliphatic rings. The van der Waals surface area contributed by atoms with Gasteiger partial charge in [-0.15, -0.1) is 0 Å². The average molecular weight is 365 g/mol. The molecular weight excluding hydrogens is 348 g/mol. The van der Waals surface area contributed by atoms with Crippen LogP contribution in [-0.2, 0) is 0 Å². The van der Waals surface area contributed by atoms with E-state index in [0.717, 1.165) is 0 Å². The minimum Gasteiger partial charge on any atom is -0.507 e. The van der Waals surface area contributed by atoms with Crippen LogP contribution in [0.15, 0.2) is 29.4 Å². The van der Waals surface area contributed by atoms with Gasteiger partial charge in [-0.25, -0.2) is 5.43 Å². The lowest BCUT2D eigenvalue weighted by Gasteiger charge is -2.10. The molecule has 0 spiro atoms. The second kappa shape index (κ2) is 7.76. The van der Waals surface area contributed by atoms with Crippen LogP contribution < -0.4 is 14.9 Å². The molecule has 0 aromatic heterocycles. The summed E-state index contributed by atoms with van der Waals surface area (Å²) in [6.07, 6.45) is 1.28. The van der Waals surface area contributed by atoms with E-state index < -0.39 is 5.91 Å². The van der Waals surface area contributed by atoms with Crippen molar-refractivity contribution in [1.29, 1.82) is 0 Å². The Labute approximate surface area is 149 Å². The van der Waals surface area contributed by atoms with Gasteiger partial charge in [-0.2, -0.15) is 5.10 Å². The number of carbonyl (C=O) groups excluding carboxylic acids is 1. The summed E-state index contributed by atoms with van der Waals surface area (Å²) in [7, 11) is 2.72. The molecule has 0 fully saturated rings. The lowest BCUT2D eigenvalue weighted by molar-refractivity contribution is 0.0954. The summed E-state index contributed by atoms with van der Waals surface area (Å²) in [5, 5.41) is 24.0. The maximum absolute atomic E-state index is 12.2. The van der Waals surface area contributed by atoms with Crippen LogP contribution in [0.25, 0.3) is 0 Å². The van der Waals surface area contributed by atoms with Crippen molar-refractivity contribution in [1.82, 2.24) is 5.43 Å². The van der Waals surface area contributed by atoms with E-state index in [4.69, 9.17) is 21.1 Å². The van der Waals surface area contributed by atoms with E-state index in [1.54, 1.807) is 13.0 Å². The van der Waals surface area contributed by atoms with Gasteiger partial charge in [0, 0.05) is 16.1 Å². The number of nitrogens with one attached hydrogen (secondary N) is 1. The van der Waals surface area contributed by atoms with Gasteiger partial charge in [0.05, 0.1) is 20.4 Å². The zero-order valence-corrected chi connectivity index (χ0v) is 14.6. The number of methoxy groups -OCH3 is 2. The number of halogens is 1. The number of hydrogen-bond acceptors (Lipinski definition) is 6. The van der Waals surface area contributed by atoms with Gasteiger partial charge >= 0.3 is 0 Å². The Bertz CT molecular complexity index is 811. The van der Waals surface area contributed by atoms with Gasteiger partial charge in [0.25, 0.3) is 5.91 Å². The molecule has 0 aliphatic carbocycles. The zero-order chi connectivity index (χ0) is 18.6. The number of carbonyl (C=O) groups is 1. The third kappa shape index (κ3) is 4.13. The smallest absolute Gasteiger partial charge is 0.271 e. The minimum atomic E-state index is -0.550. The standard InChI is InChI=1S/C17H17ClN2O5/c1-9-4-12(18)5-11(15(9)21)8-19-20-17(23)10-6-13(24-2)16(22)14(7-10)25-3/h4-8,21-22H,1-3H3,(H,20,23). The highest BCUT2D eigenvalue weighted by Crippen LogP contribution is 2.37. The monoisotopic (exact) mass is 364 g/mol. The Hall–Kier alpha value is -2.93. The molecule has 7 nitrogen and oxygen atoms in total. The number of aryl methyl sites for hydroxylation is 1. The summed E-state index contributed by atoms with van der Waals surface area (Å²) in [4.78, 5) is 12.2. The van der Waals surface area contributed by atoms with Gasteiger partial charge in [-0.05, 0) is 36.8 Å². The number of aromatic hydroxyl groups is 2. The quantitative estimate of drug-likeness (QED) is 0.559. The third-order valence-electron chi connectivity index (χ3n) is 3.41. The summed E-state index contributed by atoms with van der Waals surface area (Å²) >= 11 is 5.93. The highest BCUT2D eigenvalue weighted by molar-refractivity contribution is 6.31. The predicted molar refractivity (Wildman–Crippen MR) is 94.1 cm³/mol. The van der Waals surface area contributed by atoms with Gasteiger partial charge < -0.3 is 19.7 Å². The highest BCUT2D eigenvalue weighted by Gasteiger charge is 2.15. The summed E-state index contributed by atoms with van der Waals surface area (Å²) in [5.74, 6) is -0.543. The first-order valence-electron chi connectivity index (χ1n) is 7.14. The Balaban J connectivity index is 2.21. The van der Waals surface area contributed by atoms with Gasteiger partial charge in [0.15, 0.2) is 11.5 Å². The molecule has 132 valence electrons. The van der Waals surface area contributed by atoms with Crippen LogP contribution in [0.4, 0.5) is 0 Å². The summed E-state index contributed by atoms with van der Waals surface area (Å²) in [6.45, 7) is 1.70. The number of benzene rings is 2. The lowest BCUT2D eigenvalue weighted by atomic mass is 10.1. The molecule has 25 heavy (non-hydrogen) atoms. The van der Waals surface area contributed by atoms with Crippen molar-refractivity contribution in [2.45, 2.75) is 6.92 Å². The number of phenols is 2.